The highest BCUT2D eigenvalue weighted by Gasteiger charge is 2.65. The van der Waals surface area contributed by atoms with Crippen LogP contribution in [-0.2, 0) is 44.0 Å². The van der Waals surface area contributed by atoms with Gasteiger partial charge in [-0.15, -0.1) is 0 Å². The molecule has 8 fully saturated rings. The SMILES string of the molecule is CCC(C)(O[C@@H]1CC[C@@]2(C)C(C1)C[C@H](O)[C@H]1[C@@H]3CC[C@H]([C@H](C)CCC(=O)NCCS(=O)(=O)O)[C@@]3(C)CC[C@@H]12)[C@@H]1O[C@H](CO[C@@](C)(CC)[C@@H]2CC[C@@]3(C)C(C2)C[C@H](O)[C@H]2[C@H](C)[C@@](C)(C[C@@H](C)CCC(=O)NCCS(=O)(=O)O)CC[C@@H]23)[C@@H](O)[C@H]1O. The van der Waals surface area contributed by atoms with Crippen molar-refractivity contribution >= 4 is 32.1 Å². The van der Waals surface area contributed by atoms with Crippen molar-refractivity contribution in [2.24, 2.45) is 92.7 Å². The molecule has 19 heteroatoms. The molecule has 480 valence electrons. The maximum atomic E-state index is 12.6. The average molecular weight is 1210 g/mol. The third kappa shape index (κ3) is 14.1. The summed E-state index contributed by atoms with van der Waals surface area (Å²) in [5, 5.41) is 53.2. The lowest BCUT2D eigenvalue weighted by Gasteiger charge is -2.63. The number of carbonyl (C=O) groups excluding carboxylic acids is 2. The number of rotatable bonds is 24. The van der Waals surface area contributed by atoms with Gasteiger partial charge in [0.25, 0.3) is 20.2 Å². The van der Waals surface area contributed by atoms with Crippen molar-refractivity contribution in [3.8, 4) is 0 Å². The molecule has 0 radical (unpaired) electrons. The van der Waals surface area contributed by atoms with Gasteiger partial charge < -0.3 is 45.3 Å². The van der Waals surface area contributed by atoms with E-state index < -0.39 is 79.6 Å². The molecular formula is C64H112N2O15S2. The molecule has 1 heterocycles. The third-order valence-electron chi connectivity index (χ3n) is 26.0. The van der Waals surface area contributed by atoms with Crippen LogP contribution in [0.5, 0.6) is 0 Å². The van der Waals surface area contributed by atoms with E-state index in [2.05, 4.69) is 79.9 Å². The minimum atomic E-state index is -4.14. The number of aliphatic hydroxyl groups is 4. The maximum absolute atomic E-state index is 12.6. The van der Waals surface area contributed by atoms with Crippen LogP contribution in [-0.4, -0.2) is 143 Å². The summed E-state index contributed by atoms with van der Waals surface area (Å²) in [5.41, 5.74) is -1.16. The number of ether oxygens (including phenoxy) is 3. The average Bonchev–Trinajstić information content (AvgIpc) is 4.18. The number of fused-ring (bicyclic) bond motifs is 8. The number of amides is 2. The lowest BCUT2D eigenvalue weighted by atomic mass is 9.43. The maximum Gasteiger partial charge on any atom is 0.266 e. The zero-order chi connectivity index (χ0) is 61.0. The Morgan fingerprint density at radius 1 is 0.663 bits per heavy atom. The first-order chi connectivity index (χ1) is 38.6. The van der Waals surface area contributed by atoms with Gasteiger partial charge in [-0.2, -0.15) is 16.8 Å². The van der Waals surface area contributed by atoms with Crippen LogP contribution in [0, 0.1) is 92.7 Å². The van der Waals surface area contributed by atoms with Gasteiger partial charge in [-0.25, -0.2) is 0 Å². The van der Waals surface area contributed by atoms with Gasteiger partial charge in [-0.05, 0) is 229 Å². The topological polar surface area (TPSA) is 276 Å². The normalized spacial score (nSPS) is 43.9. The molecule has 0 bridgehead atoms. The molecule has 83 heavy (non-hydrogen) atoms. The molecule has 8 N–H and O–H groups in total. The van der Waals surface area contributed by atoms with Crippen LogP contribution in [0.25, 0.3) is 0 Å². The second-order valence-corrected chi connectivity index (χ2v) is 33.7. The Balaban J connectivity index is 0.824. The number of aliphatic hydroxyl groups excluding tert-OH is 4. The van der Waals surface area contributed by atoms with E-state index in [1.54, 1.807) is 0 Å². The third-order valence-corrected chi connectivity index (χ3v) is 27.5. The van der Waals surface area contributed by atoms with Gasteiger partial charge in [-0.1, -0.05) is 62.3 Å². The molecule has 8 aliphatic rings. The molecule has 1 aliphatic heterocycles. The highest BCUT2D eigenvalue weighted by Crippen LogP contribution is 2.69. The van der Waals surface area contributed by atoms with Gasteiger partial charge in [0.05, 0.1) is 47.6 Å². The summed E-state index contributed by atoms with van der Waals surface area (Å²) in [6.45, 7) is 24.9. The smallest absolute Gasteiger partial charge is 0.266 e. The van der Waals surface area contributed by atoms with E-state index in [1.165, 1.54) is 0 Å². The van der Waals surface area contributed by atoms with Gasteiger partial charge in [0.15, 0.2) is 0 Å². The molecule has 3 unspecified atom stereocenters. The molecule has 17 nitrogen and oxygen atoms in total. The largest absolute Gasteiger partial charge is 0.393 e. The number of nitrogens with one attached hydrogen (secondary N) is 2. The predicted octanol–water partition coefficient (Wildman–Crippen LogP) is 8.93. The molecular weight excluding hydrogens is 1100 g/mol. The van der Waals surface area contributed by atoms with Crippen LogP contribution in [0.1, 0.15) is 211 Å². The summed E-state index contributed by atoms with van der Waals surface area (Å²) in [4.78, 5) is 25.1. The number of hydrogen-bond acceptors (Lipinski definition) is 13. The first kappa shape index (κ1) is 67.4. The van der Waals surface area contributed by atoms with E-state index in [1.807, 2.05) is 6.92 Å². The van der Waals surface area contributed by atoms with Gasteiger partial charge in [0.1, 0.15) is 24.4 Å². The Kier molecular flexibility index (Phi) is 20.9. The van der Waals surface area contributed by atoms with Crippen LogP contribution in [0.4, 0.5) is 0 Å². The molecule has 1 saturated heterocycles. The van der Waals surface area contributed by atoms with Gasteiger partial charge in [0, 0.05) is 25.9 Å². The van der Waals surface area contributed by atoms with Crippen LogP contribution < -0.4 is 10.6 Å². The Morgan fingerprint density at radius 2 is 1.19 bits per heavy atom. The summed E-state index contributed by atoms with van der Waals surface area (Å²) in [7, 11) is -8.27. The van der Waals surface area contributed by atoms with Crippen LogP contribution in [0.3, 0.4) is 0 Å². The van der Waals surface area contributed by atoms with Crippen molar-refractivity contribution in [2.75, 3.05) is 31.2 Å². The fraction of sp³-hybridized carbons (Fsp3) is 0.969. The Morgan fingerprint density at radius 3 is 1.80 bits per heavy atom. The fourth-order valence-electron chi connectivity index (χ4n) is 20.5. The fourth-order valence-corrected chi connectivity index (χ4v) is 21.2. The van der Waals surface area contributed by atoms with Gasteiger partial charge in [0.2, 0.25) is 11.8 Å². The van der Waals surface area contributed by atoms with E-state index in [-0.39, 0.29) is 88.9 Å². The van der Waals surface area contributed by atoms with Crippen molar-refractivity contribution < 1.29 is 70.2 Å². The van der Waals surface area contributed by atoms with Crippen molar-refractivity contribution in [2.45, 2.75) is 265 Å². The first-order valence-electron chi connectivity index (χ1n) is 32.8. The summed E-state index contributed by atoms with van der Waals surface area (Å²) in [5.74, 6) is 2.36. The summed E-state index contributed by atoms with van der Waals surface area (Å²) in [6, 6.07) is 0. The molecule has 0 aromatic heterocycles. The number of hydrogen-bond donors (Lipinski definition) is 8. The van der Waals surface area contributed by atoms with E-state index in [0.717, 1.165) is 103 Å². The molecule has 7 aliphatic carbocycles. The highest BCUT2D eigenvalue weighted by molar-refractivity contribution is 7.86. The molecule has 0 spiro atoms. The molecule has 2 amide bonds. The van der Waals surface area contributed by atoms with E-state index in [4.69, 9.17) is 23.3 Å². The van der Waals surface area contributed by atoms with Crippen molar-refractivity contribution in [3.63, 3.8) is 0 Å². The van der Waals surface area contributed by atoms with Crippen LogP contribution in [0.2, 0.25) is 0 Å². The molecule has 25 atom stereocenters. The van der Waals surface area contributed by atoms with E-state index >= 15 is 0 Å². The Labute approximate surface area is 499 Å². The zero-order valence-corrected chi connectivity index (χ0v) is 54.2. The molecule has 7 saturated carbocycles. The zero-order valence-electron chi connectivity index (χ0n) is 52.5. The van der Waals surface area contributed by atoms with Gasteiger partial charge >= 0.3 is 0 Å². The lowest BCUT2D eigenvalue weighted by molar-refractivity contribution is -0.219. The van der Waals surface area contributed by atoms with Crippen LogP contribution in [0.15, 0.2) is 0 Å². The minimum absolute atomic E-state index is 0.0104. The van der Waals surface area contributed by atoms with Crippen LogP contribution >= 0.6 is 0 Å². The minimum Gasteiger partial charge on any atom is -0.393 e. The van der Waals surface area contributed by atoms with Gasteiger partial charge in [-0.3, -0.25) is 18.7 Å². The van der Waals surface area contributed by atoms with Crippen molar-refractivity contribution in [1.29, 1.82) is 0 Å². The Bertz CT molecular complexity index is 2470. The second kappa shape index (κ2) is 25.8. The number of carbonyl (C=O) groups is 2. The Hall–Kier alpha value is -1.52. The van der Waals surface area contributed by atoms with E-state index in [9.17, 15) is 46.9 Å². The highest BCUT2D eigenvalue weighted by atomic mass is 32.2. The molecule has 0 aromatic rings. The summed E-state index contributed by atoms with van der Waals surface area (Å²) in [6.07, 6.45) is 13.2. The molecule has 8 rings (SSSR count). The van der Waals surface area contributed by atoms with Crippen molar-refractivity contribution in [1.82, 2.24) is 10.6 Å². The summed E-state index contributed by atoms with van der Waals surface area (Å²) < 4.78 is 83.3. The first-order valence-corrected chi connectivity index (χ1v) is 36.0. The predicted molar refractivity (Wildman–Crippen MR) is 319 cm³/mol. The monoisotopic (exact) mass is 1210 g/mol. The quantitative estimate of drug-likeness (QED) is 0.0419. The standard InChI is InChI=1S/C64H112N2O15S2/c1-12-63(10,41-20-25-60(7)42(32-41)34-49(67)54-40(5)59(6,24-22-47(54)60)36-38(3)14-18-52(69)65-28-30-82(73,74)75)79-37-51-56(71)57(72)58(80-51)64(11,13-2)81-44-21-26-61(8)43(33-44)35-50(68)55-46-17-16-45(62(46,9)27-23-48(55)61)39(4)15-19-53(70)66-29-31-83(76,77)78/h38-51,54-58,67-68,71-72H,12-37H2,1-11H3,(H,65,69)(H,66,70)(H,73,74,75)(H,76,77,78)/t38-,39+,40-,41+,42?,43?,44+,45+,46-,47-,48-,49-,50-,51+,54-,55-,56+,57+,58+,59+,60-,61-,62+,63-,64?/m0/s1. The summed E-state index contributed by atoms with van der Waals surface area (Å²) >= 11 is 0. The van der Waals surface area contributed by atoms with Crippen molar-refractivity contribution in [3.05, 3.63) is 0 Å². The molecule has 0 aromatic carbocycles. The second-order valence-electron chi connectivity index (χ2n) is 30.5. The van der Waals surface area contributed by atoms with E-state index in [0.29, 0.717) is 73.5 Å². The lowest BCUT2D eigenvalue weighted by Crippen LogP contribution is -2.59.